The molecule has 0 atom stereocenters. The third-order valence-corrected chi connectivity index (χ3v) is 4.24. The second-order valence-corrected chi connectivity index (χ2v) is 5.71. The van der Waals surface area contributed by atoms with Gasteiger partial charge in [-0.05, 0) is 25.7 Å². The molecule has 0 aromatic rings. The Morgan fingerprint density at radius 3 is 2.28 bits per heavy atom. The van der Waals surface area contributed by atoms with Crippen LogP contribution in [0.4, 0.5) is 0 Å². The number of aliphatic hydroxyl groups is 1. The zero-order valence-electron chi connectivity index (χ0n) is 10.5. The normalized spacial score (nSPS) is 30.3. The van der Waals surface area contributed by atoms with Crippen LogP contribution in [0.2, 0.25) is 0 Å². The Hall–Kier alpha value is -1.10. The van der Waals surface area contributed by atoms with Crippen molar-refractivity contribution in [3.8, 4) is 0 Å². The predicted octanol–water partition coefficient (Wildman–Crippen LogP) is 1.05. The minimum atomic E-state index is -0.856. The maximum atomic E-state index is 11.9. The van der Waals surface area contributed by atoms with Crippen LogP contribution < -0.4 is 5.32 Å². The van der Waals surface area contributed by atoms with Gasteiger partial charge in [0.1, 0.15) is 0 Å². The number of hydrogen-bond acceptors (Lipinski definition) is 3. The van der Waals surface area contributed by atoms with Crippen molar-refractivity contribution >= 4 is 11.9 Å². The molecular weight excluding hydrogens is 234 g/mol. The van der Waals surface area contributed by atoms with Crippen molar-refractivity contribution < 1.29 is 19.8 Å². The van der Waals surface area contributed by atoms with E-state index in [9.17, 15) is 14.7 Å². The highest BCUT2D eigenvalue weighted by Gasteiger charge is 2.42. The molecule has 0 aromatic heterocycles. The van der Waals surface area contributed by atoms with E-state index < -0.39 is 11.4 Å². The van der Waals surface area contributed by atoms with Gasteiger partial charge in [0.15, 0.2) is 0 Å². The van der Waals surface area contributed by atoms with Crippen LogP contribution in [0.5, 0.6) is 0 Å². The van der Waals surface area contributed by atoms with E-state index in [0.717, 1.165) is 19.3 Å². The SMILES string of the molecule is O=C(CC1(C(=O)O)CCCCC1)NC1CC(O)C1. The van der Waals surface area contributed by atoms with E-state index >= 15 is 0 Å². The molecule has 1 amide bonds. The summed E-state index contributed by atoms with van der Waals surface area (Å²) in [6, 6.07) is 0.0296. The van der Waals surface area contributed by atoms with Crippen molar-refractivity contribution in [2.45, 2.75) is 63.5 Å². The van der Waals surface area contributed by atoms with E-state index in [2.05, 4.69) is 5.32 Å². The number of amides is 1. The van der Waals surface area contributed by atoms with E-state index in [1.165, 1.54) is 0 Å². The topological polar surface area (TPSA) is 86.6 Å². The van der Waals surface area contributed by atoms with E-state index in [0.29, 0.717) is 25.7 Å². The van der Waals surface area contributed by atoms with Crippen molar-refractivity contribution in [3.05, 3.63) is 0 Å². The number of carboxylic acid groups (broad SMARTS) is 1. The summed E-state index contributed by atoms with van der Waals surface area (Å²) in [7, 11) is 0. The van der Waals surface area contributed by atoms with Crippen molar-refractivity contribution in [2.24, 2.45) is 5.41 Å². The number of carbonyl (C=O) groups is 2. The van der Waals surface area contributed by atoms with Crippen LogP contribution in [0.15, 0.2) is 0 Å². The van der Waals surface area contributed by atoms with Crippen molar-refractivity contribution in [1.29, 1.82) is 0 Å². The van der Waals surface area contributed by atoms with E-state index in [-0.39, 0.29) is 24.5 Å². The maximum Gasteiger partial charge on any atom is 0.310 e. The molecule has 18 heavy (non-hydrogen) atoms. The smallest absolute Gasteiger partial charge is 0.310 e. The van der Waals surface area contributed by atoms with Crippen LogP contribution in [0.3, 0.4) is 0 Å². The first kappa shape index (κ1) is 13.3. The average molecular weight is 255 g/mol. The Kier molecular flexibility index (Phi) is 3.90. The Balaban J connectivity index is 1.88. The van der Waals surface area contributed by atoms with Crippen molar-refractivity contribution in [3.63, 3.8) is 0 Å². The molecule has 5 nitrogen and oxygen atoms in total. The number of hydrogen-bond donors (Lipinski definition) is 3. The van der Waals surface area contributed by atoms with Gasteiger partial charge in [-0.25, -0.2) is 0 Å². The third-order valence-electron chi connectivity index (χ3n) is 4.24. The minimum Gasteiger partial charge on any atom is -0.481 e. The second kappa shape index (κ2) is 5.26. The molecule has 2 saturated carbocycles. The molecule has 0 aromatic carbocycles. The lowest BCUT2D eigenvalue weighted by atomic mass is 9.71. The largest absolute Gasteiger partial charge is 0.481 e. The molecule has 2 aliphatic rings. The van der Waals surface area contributed by atoms with Crippen LogP contribution in [-0.2, 0) is 9.59 Å². The molecule has 0 heterocycles. The first-order valence-electron chi connectivity index (χ1n) is 6.73. The summed E-state index contributed by atoms with van der Waals surface area (Å²) in [6.45, 7) is 0. The lowest BCUT2D eigenvalue weighted by molar-refractivity contribution is -0.154. The van der Waals surface area contributed by atoms with Gasteiger partial charge < -0.3 is 15.5 Å². The Labute approximate surface area is 107 Å². The van der Waals surface area contributed by atoms with Crippen molar-refractivity contribution in [1.82, 2.24) is 5.32 Å². The Morgan fingerprint density at radius 2 is 1.78 bits per heavy atom. The van der Waals surface area contributed by atoms with Gasteiger partial charge in [0.25, 0.3) is 0 Å². The molecule has 3 N–H and O–H groups in total. The number of aliphatic carboxylic acids is 1. The van der Waals surface area contributed by atoms with Crippen LogP contribution >= 0.6 is 0 Å². The van der Waals surface area contributed by atoms with Gasteiger partial charge in [-0.3, -0.25) is 9.59 Å². The van der Waals surface area contributed by atoms with Gasteiger partial charge in [-0.1, -0.05) is 19.3 Å². The molecule has 0 unspecified atom stereocenters. The van der Waals surface area contributed by atoms with E-state index in [4.69, 9.17) is 5.11 Å². The van der Waals surface area contributed by atoms with E-state index in [1.54, 1.807) is 0 Å². The molecule has 0 aliphatic heterocycles. The fraction of sp³-hybridized carbons (Fsp3) is 0.846. The summed E-state index contributed by atoms with van der Waals surface area (Å²) in [5.41, 5.74) is -0.856. The van der Waals surface area contributed by atoms with Gasteiger partial charge in [0.2, 0.25) is 5.91 Å². The number of aliphatic hydroxyl groups excluding tert-OH is 1. The lowest BCUT2D eigenvalue weighted by Crippen LogP contribution is -2.48. The molecule has 0 spiro atoms. The number of carboxylic acids is 1. The highest BCUT2D eigenvalue weighted by atomic mass is 16.4. The van der Waals surface area contributed by atoms with Gasteiger partial charge in [0.05, 0.1) is 11.5 Å². The molecule has 2 fully saturated rings. The first-order chi connectivity index (χ1) is 8.52. The van der Waals surface area contributed by atoms with Gasteiger partial charge in [-0.2, -0.15) is 0 Å². The summed E-state index contributed by atoms with van der Waals surface area (Å²) < 4.78 is 0. The summed E-state index contributed by atoms with van der Waals surface area (Å²) in [5, 5.41) is 21.3. The molecule has 5 heteroatoms. The maximum absolute atomic E-state index is 11.9. The fourth-order valence-electron chi connectivity index (χ4n) is 2.99. The molecule has 0 saturated heterocycles. The molecule has 102 valence electrons. The second-order valence-electron chi connectivity index (χ2n) is 5.71. The van der Waals surface area contributed by atoms with Gasteiger partial charge in [-0.15, -0.1) is 0 Å². The highest BCUT2D eigenvalue weighted by molar-refractivity contribution is 5.85. The van der Waals surface area contributed by atoms with Crippen LogP contribution in [0.1, 0.15) is 51.4 Å². The number of nitrogens with one attached hydrogen (secondary N) is 1. The average Bonchev–Trinajstić information content (AvgIpc) is 2.28. The zero-order chi connectivity index (χ0) is 13.2. The monoisotopic (exact) mass is 255 g/mol. The summed E-state index contributed by atoms with van der Waals surface area (Å²) in [5.74, 6) is -1.03. The molecule has 0 radical (unpaired) electrons. The zero-order valence-corrected chi connectivity index (χ0v) is 10.5. The lowest BCUT2D eigenvalue weighted by Gasteiger charge is -2.35. The van der Waals surface area contributed by atoms with Crippen LogP contribution in [0, 0.1) is 5.41 Å². The highest BCUT2D eigenvalue weighted by Crippen LogP contribution is 2.39. The van der Waals surface area contributed by atoms with Crippen LogP contribution in [-0.4, -0.2) is 34.2 Å². The third kappa shape index (κ3) is 2.83. The van der Waals surface area contributed by atoms with Gasteiger partial charge in [0, 0.05) is 12.5 Å². The van der Waals surface area contributed by atoms with E-state index in [1.807, 2.05) is 0 Å². The molecule has 2 aliphatic carbocycles. The summed E-state index contributed by atoms with van der Waals surface area (Å²) >= 11 is 0. The first-order valence-corrected chi connectivity index (χ1v) is 6.73. The quantitative estimate of drug-likeness (QED) is 0.701. The minimum absolute atomic E-state index is 0.0296. The summed E-state index contributed by atoms with van der Waals surface area (Å²) in [4.78, 5) is 23.3. The summed E-state index contributed by atoms with van der Waals surface area (Å²) in [6.07, 6.45) is 4.99. The predicted molar refractivity (Wildman–Crippen MR) is 64.9 cm³/mol. The molecule has 2 rings (SSSR count). The Bertz CT molecular complexity index is 330. The fourth-order valence-corrected chi connectivity index (χ4v) is 2.99. The van der Waals surface area contributed by atoms with Crippen molar-refractivity contribution in [2.75, 3.05) is 0 Å². The Morgan fingerprint density at radius 1 is 1.17 bits per heavy atom. The van der Waals surface area contributed by atoms with Crippen LogP contribution in [0.25, 0.3) is 0 Å². The molecule has 0 bridgehead atoms. The standard InChI is InChI=1S/C13H21NO4/c15-10-6-9(7-10)14-11(16)8-13(12(17)18)4-2-1-3-5-13/h9-10,15H,1-8H2,(H,14,16)(H,17,18). The number of carbonyl (C=O) groups excluding carboxylic acids is 1. The number of rotatable bonds is 4. The molecular formula is C13H21NO4. The van der Waals surface area contributed by atoms with Gasteiger partial charge >= 0.3 is 5.97 Å².